The van der Waals surface area contributed by atoms with Gasteiger partial charge in [0.15, 0.2) is 0 Å². The molecule has 28 heavy (non-hydrogen) atoms. The number of imide groups is 1. The minimum atomic E-state index is -0.686. The van der Waals surface area contributed by atoms with Crippen molar-refractivity contribution in [2.24, 2.45) is 17.8 Å². The second-order valence-electron chi connectivity index (χ2n) is 9.26. The van der Waals surface area contributed by atoms with Gasteiger partial charge in [-0.15, -0.1) is 0 Å². The summed E-state index contributed by atoms with van der Waals surface area (Å²) >= 11 is 0. The van der Waals surface area contributed by atoms with Gasteiger partial charge in [0.25, 0.3) is 0 Å². The van der Waals surface area contributed by atoms with E-state index in [9.17, 15) is 14.4 Å². The minimum absolute atomic E-state index is 0.119. The number of hydrogen-bond acceptors (Lipinski definition) is 4. The van der Waals surface area contributed by atoms with Gasteiger partial charge < -0.3 is 10.2 Å². The van der Waals surface area contributed by atoms with Gasteiger partial charge in [0.1, 0.15) is 6.04 Å². The molecule has 3 unspecified atom stereocenters. The van der Waals surface area contributed by atoms with Crippen molar-refractivity contribution in [2.75, 3.05) is 13.1 Å². The molecule has 2 aliphatic heterocycles. The molecule has 0 aromatic carbocycles. The topological polar surface area (TPSA) is 69.7 Å². The van der Waals surface area contributed by atoms with Gasteiger partial charge in [-0.05, 0) is 51.9 Å². The van der Waals surface area contributed by atoms with Gasteiger partial charge in [0.05, 0.1) is 11.8 Å². The van der Waals surface area contributed by atoms with Gasteiger partial charge in [0.2, 0.25) is 17.7 Å². The van der Waals surface area contributed by atoms with E-state index in [0.29, 0.717) is 25.3 Å². The van der Waals surface area contributed by atoms with Crippen LogP contribution in [0.15, 0.2) is 12.2 Å². The van der Waals surface area contributed by atoms with E-state index < -0.39 is 6.04 Å². The number of hydrogen-bond donors (Lipinski definition) is 1. The first kappa shape index (κ1) is 21.0. The van der Waals surface area contributed by atoms with Crippen LogP contribution in [-0.4, -0.2) is 58.7 Å². The maximum atomic E-state index is 13.2. The Morgan fingerprint density at radius 1 is 1.04 bits per heavy atom. The molecule has 2 heterocycles. The Labute approximate surface area is 168 Å². The summed E-state index contributed by atoms with van der Waals surface area (Å²) in [6, 6.07) is -0.0511. The van der Waals surface area contributed by atoms with E-state index in [1.165, 1.54) is 4.90 Å². The summed E-state index contributed by atoms with van der Waals surface area (Å²) in [5.41, 5.74) is 0. The van der Waals surface area contributed by atoms with Gasteiger partial charge in [-0.3, -0.25) is 19.3 Å². The Morgan fingerprint density at radius 3 is 2.04 bits per heavy atom. The van der Waals surface area contributed by atoms with Crippen LogP contribution in [0, 0.1) is 17.8 Å². The highest BCUT2D eigenvalue weighted by Gasteiger charge is 2.51. The van der Waals surface area contributed by atoms with Crippen molar-refractivity contribution in [3.63, 3.8) is 0 Å². The Morgan fingerprint density at radius 2 is 1.57 bits per heavy atom. The predicted molar refractivity (Wildman–Crippen MR) is 108 cm³/mol. The first-order valence-corrected chi connectivity index (χ1v) is 10.9. The molecular formula is C22H35N3O3. The zero-order chi connectivity index (χ0) is 20.4. The van der Waals surface area contributed by atoms with Crippen LogP contribution in [0.25, 0.3) is 0 Å². The number of carbonyl (C=O) groups is 3. The maximum absolute atomic E-state index is 13.2. The van der Waals surface area contributed by atoms with E-state index in [4.69, 9.17) is 0 Å². The third kappa shape index (κ3) is 4.32. The lowest BCUT2D eigenvalue weighted by atomic mass is 9.85. The van der Waals surface area contributed by atoms with Crippen LogP contribution < -0.4 is 5.32 Å². The summed E-state index contributed by atoms with van der Waals surface area (Å²) < 4.78 is 0. The Balaban J connectivity index is 1.69. The number of piperidine rings is 1. The fraction of sp³-hybridized carbons (Fsp3) is 0.773. The molecule has 156 valence electrons. The number of amides is 3. The van der Waals surface area contributed by atoms with E-state index >= 15 is 0 Å². The number of rotatable bonds is 6. The first-order chi connectivity index (χ1) is 13.3. The number of nitrogens with zero attached hydrogens (tertiary/aromatic N) is 2. The highest BCUT2D eigenvalue weighted by atomic mass is 16.2. The molecule has 2 fully saturated rings. The summed E-state index contributed by atoms with van der Waals surface area (Å²) in [7, 11) is 0. The number of likely N-dealkylation sites (tertiary alicyclic amines) is 2. The molecule has 1 N–H and O–H groups in total. The van der Waals surface area contributed by atoms with Gasteiger partial charge in [-0.25, -0.2) is 0 Å². The Hall–Kier alpha value is -1.69. The van der Waals surface area contributed by atoms with Crippen LogP contribution in [-0.2, 0) is 14.4 Å². The maximum Gasteiger partial charge on any atom is 0.243 e. The summed E-state index contributed by atoms with van der Waals surface area (Å²) in [6.07, 6.45) is 7.52. The van der Waals surface area contributed by atoms with Crippen molar-refractivity contribution in [1.82, 2.24) is 15.1 Å². The highest BCUT2D eigenvalue weighted by Crippen LogP contribution is 2.37. The second kappa shape index (κ2) is 8.76. The van der Waals surface area contributed by atoms with Crippen LogP contribution in [0.4, 0.5) is 0 Å². The third-order valence-corrected chi connectivity index (χ3v) is 6.46. The first-order valence-electron chi connectivity index (χ1n) is 10.9. The molecular weight excluding hydrogens is 354 g/mol. The molecule has 2 saturated heterocycles. The van der Waals surface area contributed by atoms with Gasteiger partial charge in [-0.1, -0.05) is 26.0 Å². The number of fused-ring (bicyclic) bond motifs is 1. The van der Waals surface area contributed by atoms with Crippen molar-refractivity contribution in [1.29, 1.82) is 0 Å². The monoisotopic (exact) mass is 389 g/mol. The molecule has 0 aromatic heterocycles. The van der Waals surface area contributed by atoms with E-state index in [2.05, 4.69) is 24.1 Å². The van der Waals surface area contributed by atoms with Crippen molar-refractivity contribution in [2.45, 2.75) is 77.9 Å². The standard InChI is InChI=1S/C22H35N3O3/c1-14(2)13-19(20(26)23-16-9-11-24(12-10-16)15(3)4)25-21(27)17-7-5-6-8-18(17)22(25)28/h5-6,14-19H,7-13H2,1-4H3,(H,23,26). The van der Waals surface area contributed by atoms with Crippen molar-refractivity contribution in [3.8, 4) is 0 Å². The largest absolute Gasteiger partial charge is 0.351 e. The molecule has 3 rings (SSSR count). The highest BCUT2D eigenvalue weighted by molar-refractivity contribution is 6.08. The summed E-state index contributed by atoms with van der Waals surface area (Å²) in [5.74, 6) is -0.821. The molecule has 3 amide bonds. The molecule has 0 radical (unpaired) electrons. The minimum Gasteiger partial charge on any atom is -0.351 e. The third-order valence-electron chi connectivity index (χ3n) is 6.46. The molecule has 0 aromatic rings. The SMILES string of the molecule is CC(C)CC(C(=O)NC1CCN(C(C)C)CC1)N1C(=O)C2CC=CCC2C1=O. The van der Waals surface area contributed by atoms with Crippen molar-refractivity contribution in [3.05, 3.63) is 12.2 Å². The lowest BCUT2D eigenvalue weighted by Crippen LogP contribution is -2.54. The molecule has 0 bridgehead atoms. The van der Waals surface area contributed by atoms with E-state index in [1.54, 1.807) is 0 Å². The van der Waals surface area contributed by atoms with Crippen LogP contribution >= 0.6 is 0 Å². The summed E-state index contributed by atoms with van der Waals surface area (Å²) in [5, 5.41) is 3.16. The molecule has 3 aliphatic rings. The lowest BCUT2D eigenvalue weighted by molar-refractivity contribution is -0.148. The van der Waals surface area contributed by atoms with E-state index in [-0.39, 0.29) is 41.5 Å². The zero-order valence-electron chi connectivity index (χ0n) is 17.7. The second-order valence-corrected chi connectivity index (χ2v) is 9.26. The Bertz CT molecular complexity index is 609. The molecule has 6 nitrogen and oxygen atoms in total. The number of nitrogens with one attached hydrogen (secondary N) is 1. The lowest BCUT2D eigenvalue weighted by Gasteiger charge is -2.36. The number of carbonyl (C=O) groups excluding carboxylic acids is 3. The van der Waals surface area contributed by atoms with Crippen LogP contribution in [0.5, 0.6) is 0 Å². The van der Waals surface area contributed by atoms with E-state index in [1.807, 2.05) is 26.0 Å². The average molecular weight is 390 g/mol. The normalized spacial score (nSPS) is 27.6. The summed E-state index contributed by atoms with van der Waals surface area (Å²) in [4.78, 5) is 42.8. The summed E-state index contributed by atoms with van der Waals surface area (Å²) in [6.45, 7) is 10.4. The molecule has 0 saturated carbocycles. The Kier molecular flexibility index (Phi) is 6.58. The molecule has 1 aliphatic carbocycles. The van der Waals surface area contributed by atoms with Crippen molar-refractivity contribution < 1.29 is 14.4 Å². The fourth-order valence-electron chi connectivity index (χ4n) is 4.77. The zero-order valence-corrected chi connectivity index (χ0v) is 17.7. The van der Waals surface area contributed by atoms with Crippen LogP contribution in [0.3, 0.4) is 0 Å². The number of allylic oxidation sites excluding steroid dienone is 2. The molecule has 6 heteroatoms. The predicted octanol–water partition coefficient (Wildman–Crippen LogP) is 2.34. The smallest absolute Gasteiger partial charge is 0.243 e. The van der Waals surface area contributed by atoms with Crippen molar-refractivity contribution >= 4 is 17.7 Å². The average Bonchev–Trinajstić information content (AvgIpc) is 2.91. The quantitative estimate of drug-likeness (QED) is 0.559. The van der Waals surface area contributed by atoms with Gasteiger partial charge in [-0.2, -0.15) is 0 Å². The van der Waals surface area contributed by atoms with Gasteiger partial charge >= 0.3 is 0 Å². The van der Waals surface area contributed by atoms with Gasteiger partial charge in [0, 0.05) is 25.2 Å². The molecule has 0 spiro atoms. The fourth-order valence-corrected chi connectivity index (χ4v) is 4.77. The van der Waals surface area contributed by atoms with E-state index in [0.717, 1.165) is 25.9 Å². The van der Waals surface area contributed by atoms with Crippen LogP contribution in [0.1, 0.15) is 59.8 Å². The van der Waals surface area contributed by atoms with Crippen LogP contribution in [0.2, 0.25) is 0 Å². The molecule has 3 atom stereocenters.